The van der Waals surface area contributed by atoms with E-state index in [0.717, 1.165) is 18.4 Å². The molecule has 0 spiro atoms. The fraction of sp³-hybridized carbons (Fsp3) is 0.273. The second-order valence-electron chi connectivity index (χ2n) is 12.8. The van der Waals surface area contributed by atoms with E-state index in [1.165, 1.54) is 29.9 Å². The number of halogens is 9. The van der Waals surface area contributed by atoms with Gasteiger partial charge in [0.2, 0.25) is 15.9 Å². The van der Waals surface area contributed by atoms with E-state index in [4.69, 9.17) is 23.2 Å². The first kappa shape index (κ1) is 36.7. The molecule has 3 atom stereocenters. The molecule has 2 aromatic carbocycles. The van der Waals surface area contributed by atoms with Gasteiger partial charge in [-0.05, 0) is 42.3 Å². The van der Waals surface area contributed by atoms with Crippen molar-refractivity contribution in [1.82, 2.24) is 29.9 Å². The lowest BCUT2D eigenvalue weighted by Crippen LogP contribution is -2.35. The molecule has 20 heteroatoms. The van der Waals surface area contributed by atoms with Gasteiger partial charge in [-0.1, -0.05) is 41.4 Å². The van der Waals surface area contributed by atoms with Gasteiger partial charge in [0, 0.05) is 35.7 Å². The molecule has 0 aliphatic heterocycles. The number of sulfonamides is 1. The summed E-state index contributed by atoms with van der Waals surface area (Å²) in [6.45, 7) is 2.37. The first-order chi connectivity index (χ1) is 24.7. The Hall–Kier alpha value is -4.68. The summed E-state index contributed by atoms with van der Waals surface area (Å²) < 4.78 is 130. The first-order valence-electron chi connectivity index (χ1n) is 15.4. The Morgan fingerprint density at radius 3 is 2.36 bits per heavy atom. The van der Waals surface area contributed by atoms with Crippen molar-refractivity contribution < 1.29 is 43.9 Å². The molecule has 10 nitrogen and oxygen atoms in total. The zero-order valence-electron chi connectivity index (χ0n) is 27.2. The standard InChI is InChI=1S/C33H24Cl2F7N7O3S/c1-13-23-25-29(33(40,41)42)45-49(30(25)32(38,39)26(13)23)12-22(50)43-20(10-14-8-15(36)11-16(37)9-14)27-17(5-7-21(35)44-27)18-4-6-19(34)24-28(18)48(2)46-31(24)47-53(3,51)52/h4-9,11,20,23,26H,1,10,12H2,2-3H3,(H,43,50)(H,46,47)/t20-,23+,26+/m0/s1. The fourth-order valence-corrected chi connectivity index (χ4v) is 7.93. The Balaban J connectivity index is 1.34. The molecule has 0 radical (unpaired) electrons. The Morgan fingerprint density at radius 2 is 1.72 bits per heavy atom. The van der Waals surface area contributed by atoms with Gasteiger partial charge in [0.1, 0.15) is 29.0 Å². The van der Waals surface area contributed by atoms with E-state index >= 15 is 8.78 Å². The third-order valence-corrected chi connectivity index (χ3v) is 10.1. The van der Waals surface area contributed by atoms with Crippen molar-refractivity contribution in [2.75, 3.05) is 11.0 Å². The normalized spacial score (nSPS) is 18.2. The summed E-state index contributed by atoms with van der Waals surface area (Å²) in [5.74, 6) is -9.74. The van der Waals surface area contributed by atoms with Gasteiger partial charge in [0.25, 0.3) is 5.92 Å². The van der Waals surface area contributed by atoms with Crippen LogP contribution in [0, 0.1) is 17.6 Å². The molecule has 3 aromatic heterocycles. The molecule has 2 aliphatic carbocycles. The molecule has 2 aliphatic rings. The first-order valence-corrected chi connectivity index (χ1v) is 18.1. The molecule has 7 rings (SSSR count). The lowest BCUT2D eigenvalue weighted by Gasteiger charge is -2.23. The van der Waals surface area contributed by atoms with Gasteiger partial charge < -0.3 is 5.32 Å². The number of allylic oxidation sites excluding steroid dienone is 1. The van der Waals surface area contributed by atoms with E-state index < -0.39 is 81.0 Å². The van der Waals surface area contributed by atoms with Gasteiger partial charge in [-0.2, -0.15) is 32.1 Å². The lowest BCUT2D eigenvalue weighted by molar-refractivity contribution is -0.142. The Morgan fingerprint density at radius 1 is 1.06 bits per heavy atom. The van der Waals surface area contributed by atoms with Crippen LogP contribution in [0.15, 0.2) is 54.6 Å². The summed E-state index contributed by atoms with van der Waals surface area (Å²) in [4.78, 5) is 18.1. The zero-order chi connectivity index (χ0) is 38.5. The number of amides is 1. The number of nitrogens with one attached hydrogen (secondary N) is 2. The highest BCUT2D eigenvalue weighted by Crippen LogP contribution is 2.71. The predicted octanol–water partition coefficient (Wildman–Crippen LogP) is 7.28. The van der Waals surface area contributed by atoms with Crippen molar-refractivity contribution >= 4 is 55.9 Å². The lowest BCUT2D eigenvalue weighted by atomic mass is 9.94. The number of anilines is 1. The van der Waals surface area contributed by atoms with Gasteiger partial charge in [0.15, 0.2) is 11.5 Å². The minimum Gasteiger partial charge on any atom is -0.346 e. The molecule has 1 amide bonds. The Labute approximate surface area is 305 Å². The molecule has 278 valence electrons. The highest BCUT2D eigenvalue weighted by molar-refractivity contribution is 7.92. The second-order valence-corrected chi connectivity index (χ2v) is 15.3. The SMILES string of the molecule is C=C1[C@@H]2c3c(C(F)(F)F)nn(CC(=O)N[C@@H](Cc4cc(F)cc(F)c4)c4nc(Cl)ccc4-c4ccc(Cl)c5c(NS(C)(=O)=O)nn(C)c45)c3C(F)(F)[C@H]12. The highest BCUT2D eigenvalue weighted by atomic mass is 35.5. The number of hydrogen-bond donors (Lipinski definition) is 2. The number of aromatic nitrogens is 5. The zero-order valence-corrected chi connectivity index (χ0v) is 29.5. The van der Waals surface area contributed by atoms with E-state index in [-0.39, 0.29) is 55.7 Å². The monoisotopic (exact) mass is 801 g/mol. The van der Waals surface area contributed by atoms with Crippen molar-refractivity contribution in [2.45, 2.75) is 37.0 Å². The molecule has 1 saturated carbocycles. The van der Waals surface area contributed by atoms with E-state index in [1.807, 2.05) is 0 Å². The van der Waals surface area contributed by atoms with Crippen LogP contribution in [0.2, 0.25) is 10.2 Å². The number of rotatable bonds is 9. The van der Waals surface area contributed by atoms with Crippen LogP contribution in [0.1, 0.15) is 40.2 Å². The number of benzene rings is 2. The topological polar surface area (TPSA) is 124 Å². The maximum atomic E-state index is 15.4. The van der Waals surface area contributed by atoms with Crippen molar-refractivity contribution in [1.29, 1.82) is 0 Å². The molecule has 0 bridgehead atoms. The molecule has 53 heavy (non-hydrogen) atoms. The van der Waals surface area contributed by atoms with Crippen LogP contribution in [-0.4, -0.2) is 45.1 Å². The average molecular weight is 803 g/mol. The number of carbonyl (C=O) groups is 1. The predicted molar refractivity (Wildman–Crippen MR) is 180 cm³/mol. The summed E-state index contributed by atoms with van der Waals surface area (Å²) >= 11 is 12.8. The number of aryl methyl sites for hydroxylation is 1. The summed E-state index contributed by atoms with van der Waals surface area (Å²) in [6, 6.07) is 7.08. The van der Waals surface area contributed by atoms with Crippen LogP contribution < -0.4 is 10.0 Å². The molecular weight excluding hydrogens is 778 g/mol. The quantitative estimate of drug-likeness (QED) is 0.0918. The third kappa shape index (κ3) is 6.50. The van der Waals surface area contributed by atoms with Gasteiger partial charge in [-0.25, -0.2) is 22.2 Å². The fourth-order valence-electron chi connectivity index (χ4n) is 7.04. The molecular formula is C33H24Cl2F7N7O3S. The average Bonchev–Trinajstić information content (AvgIpc) is 3.26. The van der Waals surface area contributed by atoms with Gasteiger partial charge >= 0.3 is 6.18 Å². The van der Waals surface area contributed by atoms with Gasteiger partial charge in [-0.3, -0.25) is 18.9 Å². The Bertz CT molecular complexity index is 2480. The van der Waals surface area contributed by atoms with E-state index in [2.05, 4.69) is 31.8 Å². The highest BCUT2D eigenvalue weighted by Gasteiger charge is 2.71. The summed E-state index contributed by atoms with van der Waals surface area (Å²) in [6.07, 6.45) is -4.58. The summed E-state index contributed by atoms with van der Waals surface area (Å²) in [5.41, 5.74) is -2.58. The second kappa shape index (κ2) is 12.4. The number of fused-ring (bicyclic) bond motifs is 4. The number of pyridine rings is 1. The van der Waals surface area contributed by atoms with E-state index in [1.54, 1.807) is 6.07 Å². The van der Waals surface area contributed by atoms with Crippen LogP contribution in [0.4, 0.5) is 36.6 Å². The minimum absolute atomic E-state index is 0.00595. The van der Waals surface area contributed by atoms with Crippen LogP contribution in [0.5, 0.6) is 0 Å². The number of carbonyl (C=O) groups excluding carboxylic acids is 1. The van der Waals surface area contributed by atoms with Crippen LogP contribution in [-0.2, 0) is 46.9 Å². The van der Waals surface area contributed by atoms with Crippen molar-refractivity contribution in [3.05, 3.63) is 105 Å². The van der Waals surface area contributed by atoms with Gasteiger partial charge in [-0.15, -0.1) is 0 Å². The minimum atomic E-state index is -5.12. The number of nitrogens with zero attached hydrogens (tertiary/aromatic N) is 5. The van der Waals surface area contributed by atoms with Crippen molar-refractivity contribution in [2.24, 2.45) is 13.0 Å². The number of hydrogen-bond acceptors (Lipinski definition) is 6. The van der Waals surface area contributed by atoms with Crippen molar-refractivity contribution in [3.63, 3.8) is 0 Å². The Kier molecular flexibility index (Phi) is 8.61. The van der Waals surface area contributed by atoms with Gasteiger partial charge in [0.05, 0.1) is 39.8 Å². The van der Waals surface area contributed by atoms with Crippen LogP contribution in [0.25, 0.3) is 22.0 Å². The molecule has 2 N–H and O–H groups in total. The third-order valence-electron chi connectivity index (χ3n) is 9.02. The van der Waals surface area contributed by atoms with E-state index in [0.29, 0.717) is 16.3 Å². The molecule has 5 aromatic rings. The van der Waals surface area contributed by atoms with Crippen molar-refractivity contribution in [3.8, 4) is 11.1 Å². The molecule has 3 heterocycles. The molecule has 1 fully saturated rings. The summed E-state index contributed by atoms with van der Waals surface area (Å²) in [7, 11) is -2.32. The number of alkyl halides is 5. The largest absolute Gasteiger partial charge is 0.435 e. The van der Waals surface area contributed by atoms with Crippen LogP contribution in [0.3, 0.4) is 0 Å². The van der Waals surface area contributed by atoms with E-state index in [9.17, 15) is 35.2 Å². The maximum Gasteiger partial charge on any atom is 0.435 e. The smallest absolute Gasteiger partial charge is 0.346 e. The summed E-state index contributed by atoms with van der Waals surface area (Å²) in [5, 5.41) is 10.4. The van der Waals surface area contributed by atoms with Crippen LogP contribution >= 0.6 is 23.2 Å². The molecule has 0 unspecified atom stereocenters. The molecule has 0 saturated heterocycles. The maximum absolute atomic E-state index is 15.4.